The Morgan fingerprint density at radius 1 is 1.00 bits per heavy atom. The maximum atomic E-state index is 13.9. The number of sulfonamides is 1. The molecule has 43 heavy (non-hydrogen) atoms. The summed E-state index contributed by atoms with van der Waals surface area (Å²) >= 11 is 0. The van der Waals surface area contributed by atoms with Gasteiger partial charge in [-0.05, 0) is 44.2 Å². The van der Waals surface area contributed by atoms with Crippen molar-refractivity contribution in [3.8, 4) is 34.6 Å². The molecule has 230 valence electrons. The van der Waals surface area contributed by atoms with Crippen LogP contribution in [0.1, 0.15) is 25.5 Å². The molecule has 4 rings (SSSR count). The van der Waals surface area contributed by atoms with Crippen LogP contribution in [0, 0.1) is 5.82 Å². The molecule has 2 atom stereocenters. The van der Waals surface area contributed by atoms with E-state index in [9.17, 15) is 26.3 Å². The molecule has 0 aliphatic carbocycles. The molecule has 0 unspecified atom stereocenters. The molecular formula is C27H30FN5O8S2. The van der Waals surface area contributed by atoms with Crippen LogP contribution in [0.2, 0.25) is 0 Å². The summed E-state index contributed by atoms with van der Waals surface area (Å²) < 4.78 is 86.0. The number of hydrogen-bond acceptors (Lipinski definition) is 11. The second-order valence-corrected chi connectivity index (χ2v) is 13.3. The van der Waals surface area contributed by atoms with Crippen LogP contribution in [0.3, 0.4) is 0 Å². The zero-order valence-electron chi connectivity index (χ0n) is 23.8. The second-order valence-electron chi connectivity index (χ2n) is 9.24. The minimum Gasteiger partial charge on any atom is -0.494 e. The third-order valence-electron chi connectivity index (χ3n) is 6.39. The fourth-order valence-electron chi connectivity index (χ4n) is 4.26. The molecule has 0 amide bonds. The van der Waals surface area contributed by atoms with E-state index < -0.39 is 41.9 Å². The van der Waals surface area contributed by atoms with E-state index in [0.717, 1.165) is 24.5 Å². The summed E-state index contributed by atoms with van der Waals surface area (Å²) in [6.07, 6.45) is -1.04. The number of rotatable bonds is 12. The number of ether oxygens (including phenoxy) is 3. The Bertz CT molecular complexity index is 1830. The van der Waals surface area contributed by atoms with Crippen molar-refractivity contribution in [2.75, 3.05) is 31.8 Å². The fraction of sp³-hybridized carbons (Fsp3) is 0.296. The van der Waals surface area contributed by atoms with Crippen molar-refractivity contribution in [3.05, 3.63) is 66.0 Å². The Kier molecular flexibility index (Phi) is 9.22. The SMILES string of the molecule is CCOc1cccc(-c2nnc(NS(=O)(=O)[C@H](C)[C@@H](O)c3ccc(F)cc3S(C)(=O)=O)n2-c2c(OC)cccc2OC)n1. The number of anilines is 1. The molecule has 0 saturated carbocycles. The third kappa shape index (κ3) is 6.55. The van der Waals surface area contributed by atoms with Gasteiger partial charge in [0.25, 0.3) is 0 Å². The van der Waals surface area contributed by atoms with Crippen molar-refractivity contribution >= 4 is 25.8 Å². The van der Waals surface area contributed by atoms with Gasteiger partial charge in [-0.25, -0.2) is 26.2 Å². The first kappa shape index (κ1) is 31.7. The number of aliphatic hydroxyl groups is 1. The number of hydrogen-bond donors (Lipinski definition) is 2. The van der Waals surface area contributed by atoms with Gasteiger partial charge in [-0.2, -0.15) is 0 Å². The van der Waals surface area contributed by atoms with Gasteiger partial charge < -0.3 is 19.3 Å². The molecule has 0 radical (unpaired) electrons. The van der Waals surface area contributed by atoms with Crippen LogP contribution in [-0.2, 0) is 19.9 Å². The molecule has 2 aromatic carbocycles. The molecule has 0 fully saturated rings. The van der Waals surface area contributed by atoms with Crippen molar-refractivity contribution in [1.29, 1.82) is 0 Å². The lowest BCUT2D eigenvalue weighted by Crippen LogP contribution is -2.32. The number of methoxy groups -OCH3 is 2. The predicted molar refractivity (Wildman–Crippen MR) is 155 cm³/mol. The number of aliphatic hydroxyl groups excluding tert-OH is 1. The highest BCUT2D eigenvalue weighted by molar-refractivity contribution is 7.93. The largest absolute Gasteiger partial charge is 0.494 e. The number of sulfone groups is 1. The minimum atomic E-state index is -4.53. The van der Waals surface area contributed by atoms with Gasteiger partial charge in [0.05, 0.1) is 31.8 Å². The summed E-state index contributed by atoms with van der Waals surface area (Å²) in [5, 5.41) is 17.7. The lowest BCUT2D eigenvalue weighted by Gasteiger charge is -2.23. The van der Waals surface area contributed by atoms with Crippen LogP contribution >= 0.6 is 0 Å². The number of nitrogens with zero attached hydrogens (tertiary/aromatic N) is 4. The Morgan fingerprint density at radius 3 is 2.26 bits per heavy atom. The van der Waals surface area contributed by atoms with Gasteiger partial charge in [0, 0.05) is 17.9 Å². The van der Waals surface area contributed by atoms with E-state index in [-0.39, 0.29) is 40.2 Å². The maximum absolute atomic E-state index is 13.9. The van der Waals surface area contributed by atoms with Crippen LogP contribution in [0.4, 0.5) is 10.3 Å². The summed E-state index contributed by atoms with van der Waals surface area (Å²) in [5.74, 6) is -0.242. The van der Waals surface area contributed by atoms with Crippen molar-refractivity contribution in [1.82, 2.24) is 19.7 Å². The van der Waals surface area contributed by atoms with Crippen LogP contribution in [0.25, 0.3) is 17.2 Å². The quantitative estimate of drug-likeness (QED) is 0.234. The molecule has 2 aromatic heterocycles. The normalized spacial score (nSPS) is 13.3. The number of benzene rings is 2. The molecule has 0 aliphatic heterocycles. The summed E-state index contributed by atoms with van der Waals surface area (Å²) in [6, 6.07) is 12.5. The Balaban J connectivity index is 1.86. The van der Waals surface area contributed by atoms with Gasteiger partial charge in [0.15, 0.2) is 15.7 Å². The lowest BCUT2D eigenvalue weighted by atomic mass is 10.1. The van der Waals surface area contributed by atoms with Crippen molar-refractivity contribution in [3.63, 3.8) is 0 Å². The summed E-state index contributed by atoms with van der Waals surface area (Å²) in [4.78, 5) is 3.91. The molecule has 2 heterocycles. The molecule has 16 heteroatoms. The Morgan fingerprint density at radius 2 is 1.65 bits per heavy atom. The Hall–Kier alpha value is -4.28. The van der Waals surface area contributed by atoms with E-state index in [2.05, 4.69) is 19.9 Å². The highest BCUT2D eigenvalue weighted by Crippen LogP contribution is 2.38. The van der Waals surface area contributed by atoms with Crippen molar-refractivity contribution in [2.45, 2.75) is 30.1 Å². The first-order valence-corrected chi connectivity index (χ1v) is 16.2. The minimum absolute atomic E-state index is 0.0909. The predicted octanol–water partition coefficient (Wildman–Crippen LogP) is 3.15. The van der Waals surface area contributed by atoms with Crippen molar-refractivity contribution in [2.24, 2.45) is 0 Å². The standard InChI is InChI=1S/C27H30FN5O8S2/c1-6-41-23-12-7-9-19(29-23)26-30-31-27(33(26)24-20(39-3)10-8-11-21(24)40-4)32-43(37,38)16(2)25(34)18-14-13-17(28)15-22(18)42(5,35)36/h7-16,25,34H,6H2,1-5H3,(H,31,32)/t16-,25-/m1/s1. The highest BCUT2D eigenvalue weighted by atomic mass is 32.2. The third-order valence-corrected chi connectivity index (χ3v) is 9.25. The molecule has 4 aromatic rings. The smallest absolute Gasteiger partial charge is 0.243 e. The molecule has 2 N–H and O–H groups in total. The van der Waals surface area contributed by atoms with E-state index in [0.29, 0.717) is 12.5 Å². The average Bonchev–Trinajstić information content (AvgIpc) is 3.37. The van der Waals surface area contributed by atoms with Crippen LogP contribution < -0.4 is 18.9 Å². The molecule has 0 saturated heterocycles. The van der Waals surface area contributed by atoms with Crippen LogP contribution in [-0.4, -0.2) is 74.0 Å². The molecule has 13 nitrogen and oxygen atoms in total. The number of pyridine rings is 1. The van der Waals surface area contributed by atoms with Gasteiger partial charge in [-0.3, -0.25) is 9.29 Å². The fourth-order valence-corrected chi connectivity index (χ4v) is 6.27. The van der Waals surface area contributed by atoms with Gasteiger partial charge >= 0.3 is 0 Å². The van der Waals surface area contributed by atoms with E-state index in [1.54, 1.807) is 43.3 Å². The lowest BCUT2D eigenvalue weighted by molar-refractivity contribution is 0.173. The molecular weight excluding hydrogens is 605 g/mol. The van der Waals surface area contributed by atoms with E-state index in [4.69, 9.17) is 14.2 Å². The Labute approximate surface area is 248 Å². The van der Waals surface area contributed by atoms with Gasteiger partial charge in [0.1, 0.15) is 33.9 Å². The summed E-state index contributed by atoms with van der Waals surface area (Å²) in [7, 11) is -5.71. The summed E-state index contributed by atoms with van der Waals surface area (Å²) in [6.45, 7) is 3.31. The van der Waals surface area contributed by atoms with Gasteiger partial charge in [-0.1, -0.05) is 18.2 Å². The van der Waals surface area contributed by atoms with Gasteiger partial charge in [0.2, 0.25) is 21.9 Å². The molecule has 0 aliphatic rings. The van der Waals surface area contributed by atoms with E-state index in [1.165, 1.54) is 25.7 Å². The number of aromatic nitrogens is 4. The number of nitrogens with one attached hydrogen (secondary N) is 1. The van der Waals surface area contributed by atoms with E-state index in [1.807, 2.05) is 0 Å². The average molecular weight is 636 g/mol. The van der Waals surface area contributed by atoms with Crippen LogP contribution in [0.5, 0.6) is 17.4 Å². The van der Waals surface area contributed by atoms with E-state index >= 15 is 0 Å². The number of halogens is 1. The number of para-hydroxylation sites is 1. The zero-order chi connectivity index (χ0) is 31.5. The molecule has 0 spiro atoms. The topological polar surface area (TPSA) is 172 Å². The second kappa shape index (κ2) is 12.5. The monoisotopic (exact) mass is 635 g/mol. The van der Waals surface area contributed by atoms with Gasteiger partial charge in [-0.15, -0.1) is 10.2 Å². The molecule has 0 bridgehead atoms. The first-order valence-electron chi connectivity index (χ1n) is 12.8. The first-order chi connectivity index (χ1) is 20.3. The van der Waals surface area contributed by atoms with Crippen molar-refractivity contribution < 1.29 is 40.5 Å². The summed E-state index contributed by atoms with van der Waals surface area (Å²) in [5.41, 5.74) is 0.223. The van der Waals surface area contributed by atoms with Crippen LogP contribution in [0.15, 0.2) is 59.5 Å². The maximum Gasteiger partial charge on any atom is 0.243 e. The highest BCUT2D eigenvalue weighted by Gasteiger charge is 2.35. The zero-order valence-corrected chi connectivity index (χ0v) is 25.5.